The third-order valence-corrected chi connectivity index (χ3v) is 3.12. The minimum atomic E-state index is 0.168. The first-order valence-corrected chi connectivity index (χ1v) is 6.08. The molecule has 1 radical (unpaired) electrons. The van der Waals surface area contributed by atoms with Crippen molar-refractivity contribution in [3.05, 3.63) is 48.7 Å². The quantitative estimate of drug-likeness (QED) is 0.804. The summed E-state index contributed by atoms with van der Waals surface area (Å²) in [6.45, 7) is 0.780. The van der Waals surface area contributed by atoms with Crippen molar-refractivity contribution in [1.82, 2.24) is 4.98 Å². The second-order valence-electron chi connectivity index (χ2n) is 4.33. The Kier molecular flexibility index (Phi) is 2.81. The molecule has 89 valence electrons. The number of hydrogen-bond acceptors (Lipinski definition) is 2. The lowest BCUT2D eigenvalue weighted by Crippen LogP contribution is -2.24. The Hall–Kier alpha value is -2.16. The van der Waals surface area contributed by atoms with E-state index < -0.39 is 0 Å². The Bertz CT molecular complexity index is 548. The van der Waals surface area contributed by atoms with Crippen LogP contribution >= 0.6 is 0 Å². The SMILES string of the molecule is O=C1CCCN1c1ccc(-c2[c]cccc2)cn1. The van der Waals surface area contributed by atoms with E-state index in [4.69, 9.17) is 0 Å². The standard InChI is InChI=1S/C15H13N2O/c18-15-7-4-10-17(15)14-9-8-13(11-16-14)12-5-2-1-3-6-12/h1-3,5,8-9,11H,4,7,10H2. The molecule has 0 unspecified atom stereocenters. The molecule has 1 aliphatic heterocycles. The second kappa shape index (κ2) is 4.61. The molecule has 1 aliphatic rings. The third-order valence-electron chi connectivity index (χ3n) is 3.12. The number of aromatic nitrogens is 1. The number of pyridine rings is 1. The van der Waals surface area contributed by atoms with E-state index in [0.717, 1.165) is 29.9 Å². The van der Waals surface area contributed by atoms with Gasteiger partial charge in [0.1, 0.15) is 5.82 Å². The minimum Gasteiger partial charge on any atom is -0.297 e. The smallest absolute Gasteiger partial charge is 0.228 e. The first kappa shape index (κ1) is 11.0. The number of anilines is 1. The van der Waals surface area contributed by atoms with Crippen LogP contribution in [0.25, 0.3) is 11.1 Å². The van der Waals surface area contributed by atoms with Crippen LogP contribution < -0.4 is 4.90 Å². The number of nitrogens with zero attached hydrogens (tertiary/aromatic N) is 2. The zero-order valence-electron chi connectivity index (χ0n) is 9.97. The van der Waals surface area contributed by atoms with Gasteiger partial charge < -0.3 is 0 Å². The molecule has 0 spiro atoms. The Labute approximate surface area is 106 Å². The van der Waals surface area contributed by atoms with E-state index >= 15 is 0 Å². The van der Waals surface area contributed by atoms with Crippen molar-refractivity contribution in [2.24, 2.45) is 0 Å². The summed E-state index contributed by atoms with van der Waals surface area (Å²) >= 11 is 0. The highest BCUT2D eigenvalue weighted by Gasteiger charge is 2.22. The van der Waals surface area contributed by atoms with E-state index in [2.05, 4.69) is 11.1 Å². The first-order valence-electron chi connectivity index (χ1n) is 6.08. The average molecular weight is 237 g/mol. The summed E-state index contributed by atoms with van der Waals surface area (Å²) in [5, 5.41) is 0. The third kappa shape index (κ3) is 1.99. The normalized spacial score (nSPS) is 15.1. The summed E-state index contributed by atoms with van der Waals surface area (Å²) in [6.07, 6.45) is 3.36. The molecule has 0 saturated carbocycles. The van der Waals surface area contributed by atoms with Gasteiger partial charge in [-0.1, -0.05) is 24.3 Å². The van der Waals surface area contributed by atoms with Crippen molar-refractivity contribution >= 4 is 11.7 Å². The fourth-order valence-corrected chi connectivity index (χ4v) is 2.17. The number of amides is 1. The molecule has 0 atom stereocenters. The molecule has 2 heterocycles. The van der Waals surface area contributed by atoms with Crippen LogP contribution in [0.1, 0.15) is 12.8 Å². The maximum absolute atomic E-state index is 11.6. The van der Waals surface area contributed by atoms with E-state index in [1.165, 1.54) is 0 Å². The molecule has 3 rings (SSSR count). The van der Waals surface area contributed by atoms with Gasteiger partial charge in [0.05, 0.1) is 0 Å². The van der Waals surface area contributed by atoms with Crippen LogP contribution in [0.15, 0.2) is 42.6 Å². The number of hydrogen-bond donors (Lipinski definition) is 0. The second-order valence-corrected chi connectivity index (χ2v) is 4.33. The molecule has 0 bridgehead atoms. The Morgan fingerprint density at radius 1 is 1.22 bits per heavy atom. The van der Waals surface area contributed by atoms with E-state index in [9.17, 15) is 4.79 Å². The maximum atomic E-state index is 11.6. The number of carbonyl (C=O) groups excluding carboxylic acids is 1. The summed E-state index contributed by atoms with van der Waals surface area (Å²) in [5.41, 5.74) is 2.04. The molecule has 1 saturated heterocycles. The molecule has 3 heteroatoms. The minimum absolute atomic E-state index is 0.168. The van der Waals surface area contributed by atoms with Crippen LogP contribution in [-0.4, -0.2) is 17.4 Å². The zero-order chi connectivity index (χ0) is 12.4. The highest BCUT2D eigenvalue weighted by Crippen LogP contribution is 2.22. The van der Waals surface area contributed by atoms with Crippen molar-refractivity contribution in [3.63, 3.8) is 0 Å². The van der Waals surface area contributed by atoms with Crippen LogP contribution in [0.3, 0.4) is 0 Å². The van der Waals surface area contributed by atoms with E-state index in [1.807, 2.05) is 36.4 Å². The topological polar surface area (TPSA) is 33.2 Å². The fraction of sp³-hybridized carbons (Fsp3) is 0.200. The number of benzene rings is 1. The summed E-state index contributed by atoms with van der Waals surface area (Å²) in [6, 6.07) is 14.8. The Morgan fingerprint density at radius 2 is 2.17 bits per heavy atom. The molecule has 1 aromatic heterocycles. The summed E-state index contributed by atoms with van der Waals surface area (Å²) in [7, 11) is 0. The molecule has 1 aromatic carbocycles. The van der Waals surface area contributed by atoms with Crippen molar-refractivity contribution in [2.75, 3.05) is 11.4 Å². The fourth-order valence-electron chi connectivity index (χ4n) is 2.17. The lowest BCUT2D eigenvalue weighted by molar-refractivity contribution is -0.117. The molecule has 1 amide bonds. The van der Waals surface area contributed by atoms with Gasteiger partial charge in [0.15, 0.2) is 0 Å². The van der Waals surface area contributed by atoms with Gasteiger partial charge >= 0.3 is 0 Å². The Morgan fingerprint density at radius 3 is 2.78 bits per heavy atom. The predicted octanol–water partition coefficient (Wildman–Crippen LogP) is 2.68. The lowest BCUT2D eigenvalue weighted by Gasteiger charge is -2.14. The van der Waals surface area contributed by atoms with Crippen LogP contribution in [0, 0.1) is 6.07 Å². The lowest BCUT2D eigenvalue weighted by atomic mass is 10.1. The monoisotopic (exact) mass is 237 g/mol. The van der Waals surface area contributed by atoms with Crippen LogP contribution in [-0.2, 0) is 4.79 Å². The highest BCUT2D eigenvalue weighted by atomic mass is 16.2. The van der Waals surface area contributed by atoms with Gasteiger partial charge in [0, 0.05) is 24.7 Å². The molecule has 3 nitrogen and oxygen atoms in total. The van der Waals surface area contributed by atoms with Crippen molar-refractivity contribution in [2.45, 2.75) is 12.8 Å². The van der Waals surface area contributed by atoms with Crippen molar-refractivity contribution in [3.8, 4) is 11.1 Å². The molecule has 0 N–H and O–H groups in total. The van der Waals surface area contributed by atoms with E-state index in [-0.39, 0.29) is 5.91 Å². The zero-order valence-corrected chi connectivity index (χ0v) is 9.97. The van der Waals surface area contributed by atoms with Crippen LogP contribution in [0.5, 0.6) is 0 Å². The predicted molar refractivity (Wildman–Crippen MR) is 70.1 cm³/mol. The summed E-state index contributed by atoms with van der Waals surface area (Å²) in [5.74, 6) is 0.915. The number of rotatable bonds is 2. The van der Waals surface area contributed by atoms with Crippen LogP contribution in [0.4, 0.5) is 5.82 Å². The van der Waals surface area contributed by atoms with E-state index in [0.29, 0.717) is 6.42 Å². The van der Waals surface area contributed by atoms with Crippen molar-refractivity contribution in [1.29, 1.82) is 0 Å². The Balaban J connectivity index is 1.87. The molecular weight excluding hydrogens is 224 g/mol. The van der Waals surface area contributed by atoms with Gasteiger partial charge in [-0.05, 0) is 30.2 Å². The van der Waals surface area contributed by atoms with Crippen molar-refractivity contribution < 1.29 is 4.79 Å². The largest absolute Gasteiger partial charge is 0.297 e. The maximum Gasteiger partial charge on any atom is 0.228 e. The molecular formula is C15H13N2O. The van der Waals surface area contributed by atoms with Gasteiger partial charge in [-0.15, -0.1) is 0 Å². The van der Waals surface area contributed by atoms with E-state index in [1.54, 1.807) is 11.1 Å². The van der Waals surface area contributed by atoms with Gasteiger partial charge in [-0.2, -0.15) is 0 Å². The highest BCUT2D eigenvalue weighted by molar-refractivity contribution is 5.94. The number of carbonyl (C=O) groups is 1. The molecule has 1 fully saturated rings. The summed E-state index contributed by atoms with van der Waals surface area (Å²) < 4.78 is 0. The van der Waals surface area contributed by atoms with Gasteiger partial charge in [0.25, 0.3) is 0 Å². The molecule has 2 aromatic rings. The average Bonchev–Trinajstić information content (AvgIpc) is 2.86. The summed E-state index contributed by atoms with van der Waals surface area (Å²) in [4.78, 5) is 17.7. The first-order chi connectivity index (χ1) is 8.84. The van der Waals surface area contributed by atoms with Gasteiger partial charge in [-0.3, -0.25) is 9.69 Å². The molecule has 18 heavy (non-hydrogen) atoms. The van der Waals surface area contributed by atoms with Gasteiger partial charge in [-0.25, -0.2) is 4.98 Å². The molecule has 0 aliphatic carbocycles. The van der Waals surface area contributed by atoms with Gasteiger partial charge in [0.2, 0.25) is 5.91 Å². The van der Waals surface area contributed by atoms with Crippen LogP contribution in [0.2, 0.25) is 0 Å².